The van der Waals surface area contributed by atoms with Gasteiger partial charge in [-0.2, -0.15) is 0 Å². The molecule has 1 aromatic carbocycles. The van der Waals surface area contributed by atoms with E-state index < -0.39 is 5.44 Å². The van der Waals surface area contributed by atoms with E-state index in [2.05, 4.69) is 33.0 Å². The Hall–Kier alpha value is -0.325. The lowest BCUT2D eigenvalue weighted by Gasteiger charge is -2.30. The molecule has 2 rings (SSSR count). The molecule has 0 aromatic heterocycles. The van der Waals surface area contributed by atoms with Gasteiger partial charge in [0.2, 0.25) is 0 Å². The molecule has 1 aromatic rings. The Morgan fingerprint density at radius 3 is 2.81 bits per heavy atom. The number of carbonyl (C=O) groups is 1. The van der Waals surface area contributed by atoms with E-state index in [0.29, 0.717) is 18.8 Å². The van der Waals surface area contributed by atoms with Crippen LogP contribution in [0.25, 0.3) is 0 Å². The van der Waals surface area contributed by atoms with Crippen LogP contribution in [0.1, 0.15) is 17.5 Å². The molecule has 0 spiro atoms. The highest BCUT2D eigenvalue weighted by atomic mass is 127. The van der Waals surface area contributed by atoms with Crippen LogP contribution < -0.4 is 10.0 Å². The largest absolute Gasteiger partial charge is 0.415 e. The molecule has 0 fully saturated rings. The van der Waals surface area contributed by atoms with Crippen LogP contribution in [-0.2, 0) is 6.54 Å². The molecule has 1 amide bonds. The van der Waals surface area contributed by atoms with Crippen molar-refractivity contribution in [2.24, 2.45) is 0 Å². The van der Waals surface area contributed by atoms with Crippen LogP contribution >= 0.6 is 27.5 Å². The Kier molecular flexibility index (Phi) is 5.92. The van der Waals surface area contributed by atoms with Crippen molar-refractivity contribution < 1.29 is 9.53 Å². The average molecular weight is 416 g/mol. The number of ether oxygens (including phenoxy) is 1. The first kappa shape index (κ1) is 17.0. The highest BCUT2D eigenvalue weighted by molar-refractivity contribution is 14.2. The number of halogens is 1. The van der Waals surface area contributed by atoms with E-state index in [1.165, 1.54) is 0 Å². The van der Waals surface area contributed by atoms with Crippen molar-refractivity contribution in [1.29, 1.82) is 0 Å². The van der Waals surface area contributed by atoms with Gasteiger partial charge in [0.05, 0.1) is 6.54 Å². The molecule has 2 radical (unpaired) electrons. The van der Waals surface area contributed by atoms with Crippen molar-refractivity contribution >= 4 is 46.4 Å². The Bertz CT molecular complexity index is 540. The number of aryl methyl sites for hydroxylation is 1. The summed E-state index contributed by atoms with van der Waals surface area (Å²) in [4.78, 5) is 16.0. The van der Waals surface area contributed by atoms with Crippen molar-refractivity contribution in [2.45, 2.75) is 19.9 Å². The van der Waals surface area contributed by atoms with Gasteiger partial charge in [-0.1, -0.05) is 27.5 Å². The van der Waals surface area contributed by atoms with Gasteiger partial charge in [0.25, 0.3) is 0 Å². The molecular weight excluding hydrogens is 397 g/mol. The van der Waals surface area contributed by atoms with Gasteiger partial charge in [-0.25, -0.2) is 4.79 Å². The fraction of sp³-hybridized carbons (Fsp3) is 0.500. The predicted molar refractivity (Wildman–Crippen MR) is 97.1 cm³/mol. The summed E-state index contributed by atoms with van der Waals surface area (Å²) < 4.78 is 5.50. The minimum atomic E-state index is -0.668. The SMILES string of the molecule is [B]P(I)c1cc(C)c2c(c1)CN(CCCN(C)C)C(=O)O2. The van der Waals surface area contributed by atoms with E-state index in [9.17, 15) is 4.79 Å². The number of benzene rings is 1. The van der Waals surface area contributed by atoms with E-state index in [4.69, 9.17) is 12.3 Å². The van der Waals surface area contributed by atoms with Crippen LogP contribution in [-0.4, -0.2) is 50.6 Å². The Labute approximate surface area is 141 Å². The van der Waals surface area contributed by atoms with Gasteiger partial charge in [-0.3, -0.25) is 0 Å². The first-order valence-corrected chi connectivity index (χ1v) is 11.0. The van der Waals surface area contributed by atoms with E-state index in [1.54, 1.807) is 4.90 Å². The molecular formula is C14H19BIN2O2P. The molecule has 0 bridgehead atoms. The Balaban J connectivity index is 2.15. The predicted octanol–water partition coefficient (Wildman–Crippen LogP) is 2.80. The maximum atomic E-state index is 12.1. The first-order valence-electron chi connectivity index (χ1n) is 6.84. The maximum Gasteiger partial charge on any atom is 0.415 e. The molecule has 112 valence electrons. The third-order valence-electron chi connectivity index (χ3n) is 3.43. The fourth-order valence-corrected chi connectivity index (χ4v) is 3.82. The zero-order valence-corrected chi connectivity index (χ0v) is 15.6. The molecule has 1 heterocycles. The second-order valence-corrected chi connectivity index (χ2v) is 9.77. The van der Waals surface area contributed by atoms with E-state index in [1.807, 2.05) is 27.1 Å². The third-order valence-corrected chi connectivity index (χ3v) is 5.85. The number of hydrogen-bond acceptors (Lipinski definition) is 3. The zero-order chi connectivity index (χ0) is 15.6. The summed E-state index contributed by atoms with van der Waals surface area (Å²) in [6.07, 6.45) is 0.688. The number of fused-ring (bicyclic) bond motifs is 1. The van der Waals surface area contributed by atoms with Crippen LogP contribution in [0.5, 0.6) is 5.75 Å². The molecule has 7 heteroatoms. The van der Waals surface area contributed by atoms with Gasteiger partial charge in [0.1, 0.15) is 13.3 Å². The van der Waals surface area contributed by atoms with E-state index in [-0.39, 0.29) is 6.09 Å². The fourth-order valence-electron chi connectivity index (χ4n) is 2.38. The topological polar surface area (TPSA) is 32.8 Å². The molecule has 1 atom stereocenters. The third kappa shape index (κ3) is 4.33. The highest BCUT2D eigenvalue weighted by Gasteiger charge is 2.26. The molecule has 21 heavy (non-hydrogen) atoms. The van der Waals surface area contributed by atoms with Gasteiger partial charge in [-0.05, 0) is 57.0 Å². The van der Waals surface area contributed by atoms with Crippen LogP contribution in [0.4, 0.5) is 4.79 Å². The lowest BCUT2D eigenvalue weighted by Crippen LogP contribution is -2.39. The second-order valence-electron chi connectivity index (χ2n) is 5.51. The van der Waals surface area contributed by atoms with Gasteiger partial charge in [0, 0.05) is 12.1 Å². The van der Waals surface area contributed by atoms with Gasteiger partial charge in [-0.15, -0.1) is 0 Å². The monoisotopic (exact) mass is 416 g/mol. The quantitative estimate of drug-likeness (QED) is 0.421. The molecule has 0 saturated carbocycles. The summed E-state index contributed by atoms with van der Waals surface area (Å²) in [6, 6.07) is 4.10. The maximum absolute atomic E-state index is 12.1. The standard InChI is InChI=1S/C14H19BIN2O2P/c1-10-7-12(21(15)16)8-11-9-18(6-4-5-17(2)3)14(19)20-13(10)11/h7-8H,4-6,9H2,1-3H3. The van der Waals surface area contributed by atoms with Gasteiger partial charge < -0.3 is 14.5 Å². The van der Waals surface area contributed by atoms with Crippen molar-refractivity contribution in [3.63, 3.8) is 0 Å². The summed E-state index contributed by atoms with van der Waals surface area (Å²) in [5.74, 6) is 0.709. The summed E-state index contributed by atoms with van der Waals surface area (Å²) in [5, 5.41) is 1.13. The Morgan fingerprint density at radius 1 is 1.48 bits per heavy atom. The number of rotatable bonds is 5. The average Bonchev–Trinajstić information content (AvgIpc) is 2.39. The molecule has 0 N–H and O–H groups in total. The number of hydrogen-bond donors (Lipinski definition) is 0. The minimum Gasteiger partial charge on any atom is -0.410 e. The van der Waals surface area contributed by atoms with Crippen molar-refractivity contribution in [1.82, 2.24) is 9.80 Å². The molecule has 1 aliphatic rings. The van der Waals surface area contributed by atoms with E-state index >= 15 is 0 Å². The summed E-state index contributed by atoms with van der Waals surface area (Å²) in [5.41, 5.74) is 1.38. The summed E-state index contributed by atoms with van der Waals surface area (Å²) in [6.45, 7) is 4.24. The van der Waals surface area contributed by atoms with Gasteiger partial charge >= 0.3 is 6.09 Å². The molecule has 1 aliphatic heterocycles. The summed E-state index contributed by atoms with van der Waals surface area (Å²) in [7, 11) is 10.1. The van der Waals surface area contributed by atoms with Crippen molar-refractivity contribution in [2.75, 3.05) is 27.2 Å². The number of amides is 1. The molecule has 4 nitrogen and oxygen atoms in total. The normalized spacial score (nSPS) is 15.9. The number of carbonyl (C=O) groups excluding carboxylic acids is 1. The van der Waals surface area contributed by atoms with Crippen LogP contribution in [0.2, 0.25) is 0 Å². The zero-order valence-electron chi connectivity index (χ0n) is 12.6. The van der Waals surface area contributed by atoms with Crippen molar-refractivity contribution in [3.8, 4) is 5.75 Å². The van der Waals surface area contributed by atoms with Crippen LogP contribution in [0.15, 0.2) is 12.1 Å². The molecule has 1 unspecified atom stereocenters. The lowest BCUT2D eigenvalue weighted by molar-refractivity contribution is 0.136. The Morgan fingerprint density at radius 2 is 2.19 bits per heavy atom. The molecule has 0 saturated heterocycles. The van der Waals surface area contributed by atoms with Gasteiger partial charge in [0.15, 0.2) is 0 Å². The highest BCUT2D eigenvalue weighted by Crippen LogP contribution is 2.40. The van der Waals surface area contributed by atoms with E-state index in [0.717, 1.165) is 29.4 Å². The number of nitrogens with zero attached hydrogens (tertiary/aromatic N) is 2. The van der Waals surface area contributed by atoms with Crippen LogP contribution in [0, 0.1) is 6.92 Å². The molecule has 0 aliphatic carbocycles. The smallest absolute Gasteiger partial charge is 0.410 e. The lowest BCUT2D eigenvalue weighted by atomic mass is 10.1. The van der Waals surface area contributed by atoms with Crippen molar-refractivity contribution in [3.05, 3.63) is 23.3 Å². The van der Waals surface area contributed by atoms with Crippen LogP contribution in [0.3, 0.4) is 0 Å². The summed E-state index contributed by atoms with van der Waals surface area (Å²) >= 11 is 2.25. The minimum absolute atomic E-state index is 0.249. The second kappa shape index (κ2) is 7.29. The first-order chi connectivity index (χ1) is 9.88.